The number of ether oxygens (including phenoxy) is 4. The number of aromatic hydroxyl groups is 1. The molecular weight excluding hydrogens is 594 g/mol. The number of carbonyl (C=O) groups is 1. The fourth-order valence-electron chi connectivity index (χ4n) is 5.41. The van der Waals surface area contributed by atoms with Gasteiger partial charge in [-0.05, 0) is 55.3 Å². The van der Waals surface area contributed by atoms with Crippen LogP contribution < -0.4 is 10.1 Å². The van der Waals surface area contributed by atoms with E-state index < -0.39 is 67.1 Å². The molecule has 5 rings (SSSR count). The van der Waals surface area contributed by atoms with Gasteiger partial charge in [-0.15, -0.1) is 11.8 Å². The topological polar surface area (TPSA) is 187 Å². The number of benzene rings is 2. The van der Waals surface area contributed by atoms with Gasteiger partial charge < -0.3 is 54.9 Å². The zero-order chi connectivity index (χ0) is 31.5. The monoisotopic (exact) mass is 631 g/mol. The van der Waals surface area contributed by atoms with Gasteiger partial charge in [0.25, 0.3) is 0 Å². The van der Waals surface area contributed by atoms with Crippen LogP contribution >= 0.6 is 11.8 Å². The average Bonchev–Trinajstić information content (AvgIpc) is 3.61. The highest BCUT2D eigenvalue weighted by atomic mass is 32.2. The van der Waals surface area contributed by atoms with Crippen molar-refractivity contribution in [3.8, 4) is 11.5 Å². The molecule has 0 spiro atoms. The molecule has 10 atom stereocenters. The second-order valence-electron chi connectivity index (χ2n) is 11.0. The highest BCUT2D eigenvalue weighted by Crippen LogP contribution is 2.34. The minimum absolute atomic E-state index is 0.00167. The van der Waals surface area contributed by atoms with E-state index in [9.17, 15) is 35.4 Å². The summed E-state index contributed by atoms with van der Waals surface area (Å²) in [5.41, 5.74) is 1.35. The summed E-state index contributed by atoms with van der Waals surface area (Å²) >= 11 is 1.62. The van der Waals surface area contributed by atoms with E-state index in [1.807, 2.05) is 36.4 Å². The number of amides is 1. The molecule has 3 fully saturated rings. The number of rotatable bonds is 9. The summed E-state index contributed by atoms with van der Waals surface area (Å²) in [7, 11) is 0. The lowest BCUT2D eigenvalue weighted by Crippen LogP contribution is -2.67. The van der Waals surface area contributed by atoms with Crippen molar-refractivity contribution in [1.82, 2.24) is 5.32 Å². The molecule has 0 unspecified atom stereocenters. The van der Waals surface area contributed by atoms with Crippen LogP contribution in [0, 0.1) is 0 Å². The van der Waals surface area contributed by atoms with Crippen LogP contribution in [0.15, 0.2) is 70.6 Å². The maximum absolute atomic E-state index is 12.9. The van der Waals surface area contributed by atoms with Gasteiger partial charge >= 0.3 is 0 Å². The zero-order valence-corrected chi connectivity index (χ0v) is 24.9. The Hall–Kier alpha value is -2.98. The number of hydrogen-bond donors (Lipinski definition) is 7. The second kappa shape index (κ2) is 14.0. The van der Waals surface area contributed by atoms with E-state index >= 15 is 0 Å². The first-order chi connectivity index (χ1) is 21.0. The quantitative estimate of drug-likeness (QED) is 0.117. The number of hydrogen-bond acceptors (Lipinski definition) is 12. The van der Waals surface area contributed by atoms with E-state index in [-0.39, 0.29) is 23.9 Å². The van der Waals surface area contributed by atoms with Crippen LogP contribution in [-0.2, 0) is 19.0 Å². The first kappa shape index (κ1) is 32.4. The van der Waals surface area contributed by atoms with Gasteiger partial charge in [0.05, 0.1) is 6.04 Å². The SMILES string of the molecule is CC(=Cc1ccc(O[C@@H]2O[C@H](C(C)=CCSc3ccccc3)[C@@H](O)[C@@H]2O)c(O)c1)C(=O)N[C@@H]1[C@H](O)[C@@H](O)[C@H]2OCO[C@H]2[C@@H]1O. The summed E-state index contributed by atoms with van der Waals surface area (Å²) < 4.78 is 22.0. The highest BCUT2D eigenvalue weighted by Gasteiger charge is 2.53. The summed E-state index contributed by atoms with van der Waals surface area (Å²) in [5.74, 6) is -0.271. The van der Waals surface area contributed by atoms with Crippen molar-refractivity contribution in [3.05, 3.63) is 71.3 Å². The Labute approximate surface area is 258 Å². The third-order valence-electron chi connectivity index (χ3n) is 7.94. The molecular formula is C31H37NO11S. The zero-order valence-electron chi connectivity index (χ0n) is 24.1. The molecule has 2 aromatic carbocycles. The molecule has 0 aromatic heterocycles. The Kier molecular flexibility index (Phi) is 10.3. The molecule has 0 radical (unpaired) electrons. The van der Waals surface area contributed by atoms with Crippen LogP contribution in [0.3, 0.4) is 0 Å². The number of phenols is 1. The summed E-state index contributed by atoms with van der Waals surface area (Å²) in [6.07, 6.45) is -7.19. The number of aliphatic hydroxyl groups is 5. The molecule has 1 saturated carbocycles. The van der Waals surface area contributed by atoms with Gasteiger partial charge in [-0.1, -0.05) is 30.3 Å². The smallest absolute Gasteiger partial charge is 0.247 e. The van der Waals surface area contributed by atoms with Gasteiger partial charge in [-0.3, -0.25) is 4.79 Å². The Morgan fingerprint density at radius 2 is 1.66 bits per heavy atom. The maximum Gasteiger partial charge on any atom is 0.247 e. The summed E-state index contributed by atoms with van der Waals surface area (Å²) in [5, 5.41) is 65.7. The molecule has 12 nitrogen and oxygen atoms in total. The molecule has 0 bridgehead atoms. The van der Waals surface area contributed by atoms with E-state index in [1.165, 1.54) is 25.1 Å². The molecule has 2 saturated heterocycles. The standard InChI is InChI=1S/C31H37NO11S/c1-15(10-11-44-18-6-4-3-5-7-18)27-25(37)26(38)31(43-27)42-20-9-8-17(13-19(20)33)12-16(2)30(39)32-21-22(34)24(36)29-28(23(21)35)40-14-41-29/h3-10,12-13,21-29,31,33-38H,11,14H2,1-2H3,(H,32,39)/t21-,22+,23-,24-,25+,26+,27-,28+,29-,31-/m1/s1. The molecule has 44 heavy (non-hydrogen) atoms. The maximum atomic E-state index is 12.9. The largest absolute Gasteiger partial charge is 0.504 e. The van der Waals surface area contributed by atoms with Gasteiger partial charge in [-0.2, -0.15) is 0 Å². The van der Waals surface area contributed by atoms with Crippen LogP contribution in [-0.4, -0.2) is 110 Å². The molecule has 1 amide bonds. The first-order valence-electron chi connectivity index (χ1n) is 14.2. The van der Waals surface area contributed by atoms with Gasteiger partial charge in [0.1, 0.15) is 55.6 Å². The third-order valence-corrected chi connectivity index (χ3v) is 8.87. The number of carbonyl (C=O) groups excluding carboxylic acids is 1. The normalized spacial score (nSPS) is 34.1. The van der Waals surface area contributed by atoms with Crippen molar-refractivity contribution in [1.29, 1.82) is 0 Å². The minimum atomic E-state index is -1.48. The van der Waals surface area contributed by atoms with E-state index in [1.54, 1.807) is 24.8 Å². The second-order valence-corrected chi connectivity index (χ2v) is 12.1. The molecule has 3 aliphatic rings. The molecule has 2 aliphatic heterocycles. The van der Waals surface area contributed by atoms with Crippen LogP contribution in [0.25, 0.3) is 6.08 Å². The van der Waals surface area contributed by atoms with Gasteiger partial charge in [0.15, 0.2) is 11.5 Å². The van der Waals surface area contributed by atoms with Gasteiger partial charge in [-0.25, -0.2) is 0 Å². The van der Waals surface area contributed by atoms with Crippen LogP contribution in [0.5, 0.6) is 11.5 Å². The van der Waals surface area contributed by atoms with E-state index in [4.69, 9.17) is 18.9 Å². The fraction of sp³-hybridized carbons (Fsp3) is 0.452. The van der Waals surface area contributed by atoms with Gasteiger partial charge in [0.2, 0.25) is 12.2 Å². The molecule has 1 aliphatic carbocycles. The number of nitrogens with one attached hydrogen (secondary N) is 1. The predicted octanol–water partition coefficient (Wildman–Crippen LogP) is 0.682. The van der Waals surface area contributed by atoms with Crippen LogP contribution in [0.1, 0.15) is 19.4 Å². The molecule has 13 heteroatoms. The molecule has 2 aromatic rings. The Morgan fingerprint density at radius 1 is 0.955 bits per heavy atom. The van der Waals surface area contributed by atoms with Crippen molar-refractivity contribution in [2.75, 3.05) is 12.5 Å². The van der Waals surface area contributed by atoms with E-state index in [2.05, 4.69) is 5.32 Å². The highest BCUT2D eigenvalue weighted by molar-refractivity contribution is 7.99. The van der Waals surface area contributed by atoms with Crippen LogP contribution in [0.2, 0.25) is 0 Å². The Morgan fingerprint density at radius 3 is 2.36 bits per heavy atom. The van der Waals surface area contributed by atoms with Crippen molar-refractivity contribution in [3.63, 3.8) is 0 Å². The average molecular weight is 632 g/mol. The lowest BCUT2D eigenvalue weighted by molar-refractivity contribution is -0.155. The minimum Gasteiger partial charge on any atom is -0.504 e. The van der Waals surface area contributed by atoms with E-state index in [0.717, 1.165) is 10.5 Å². The summed E-state index contributed by atoms with van der Waals surface area (Å²) in [6.45, 7) is 3.17. The van der Waals surface area contributed by atoms with Crippen LogP contribution in [0.4, 0.5) is 0 Å². The lowest BCUT2D eigenvalue weighted by atomic mass is 9.83. The number of aliphatic hydroxyl groups excluding tert-OH is 5. The number of thioether (sulfide) groups is 1. The van der Waals surface area contributed by atoms with Crippen molar-refractivity contribution >= 4 is 23.7 Å². The lowest BCUT2D eigenvalue weighted by Gasteiger charge is -2.41. The van der Waals surface area contributed by atoms with E-state index in [0.29, 0.717) is 11.3 Å². The fourth-order valence-corrected chi connectivity index (χ4v) is 6.30. The van der Waals surface area contributed by atoms with Gasteiger partial charge in [0, 0.05) is 16.2 Å². The van der Waals surface area contributed by atoms with Crippen molar-refractivity contribution < 1.29 is 54.4 Å². The molecule has 238 valence electrons. The predicted molar refractivity (Wildman–Crippen MR) is 159 cm³/mol. The Balaban J connectivity index is 1.18. The number of fused-ring (bicyclic) bond motifs is 1. The Bertz CT molecular complexity index is 1370. The van der Waals surface area contributed by atoms with Crippen molar-refractivity contribution in [2.45, 2.75) is 79.9 Å². The summed E-state index contributed by atoms with van der Waals surface area (Å²) in [4.78, 5) is 14.0. The van der Waals surface area contributed by atoms with Crippen molar-refractivity contribution in [2.24, 2.45) is 0 Å². The number of phenolic OH excluding ortho intramolecular Hbond substituents is 1. The molecule has 7 N–H and O–H groups in total. The third kappa shape index (κ3) is 6.96. The summed E-state index contributed by atoms with van der Waals surface area (Å²) in [6, 6.07) is 13.0. The first-order valence-corrected chi connectivity index (χ1v) is 15.2. The molecule has 2 heterocycles.